The van der Waals surface area contributed by atoms with Gasteiger partial charge >= 0.3 is 0 Å². The summed E-state index contributed by atoms with van der Waals surface area (Å²) in [6, 6.07) is 15.6. The minimum Gasteiger partial charge on any atom is -0.508 e. The third-order valence-electron chi connectivity index (χ3n) is 8.25. The average Bonchev–Trinajstić information content (AvgIpc) is 3.53. The van der Waals surface area contributed by atoms with Crippen molar-refractivity contribution >= 4 is 33.4 Å². The SMILES string of the molecule is OCC1CCN(c2nc(N3CC4CCC(C3)N4)c3ccc(-c4cc(O)cc5ccccc45)c(F)c3n2)C1. The van der Waals surface area contributed by atoms with E-state index >= 15 is 4.39 Å². The lowest BCUT2D eigenvalue weighted by atomic mass is 9.96. The summed E-state index contributed by atoms with van der Waals surface area (Å²) in [6.45, 7) is 3.19. The van der Waals surface area contributed by atoms with Crippen LogP contribution in [0, 0.1) is 11.7 Å². The van der Waals surface area contributed by atoms with Gasteiger partial charge in [-0.3, -0.25) is 0 Å². The van der Waals surface area contributed by atoms with Gasteiger partial charge in [0.2, 0.25) is 5.95 Å². The molecule has 0 radical (unpaired) electrons. The van der Waals surface area contributed by atoms with Crippen molar-refractivity contribution in [2.75, 3.05) is 42.6 Å². The van der Waals surface area contributed by atoms with Crippen LogP contribution in [-0.2, 0) is 0 Å². The van der Waals surface area contributed by atoms with Crippen molar-refractivity contribution in [1.82, 2.24) is 15.3 Å². The molecule has 3 fully saturated rings. The molecule has 3 saturated heterocycles. The van der Waals surface area contributed by atoms with Crippen molar-refractivity contribution in [1.29, 1.82) is 0 Å². The van der Waals surface area contributed by atoms with Crippen LogP contribution in [0.5, 0.6) is 5.75 Å². The fraction of sp³-hybridized carbons (Fsp3) is 0.379. The molecule has 0 saturated carbocycles. The highest BCUT2D eigenvalue weighted by Gasteiger charge is 2.34. The van der Waals surface area contributed by atoms with Crippen LogP contribution in [-0.4, -0.2) is 65.1 Å². The molecule has 0 aliphatic carbocycles. The molecule has 3 aliphatic rings. The largest absolute Gasteiger partial charge is 0.508 e. The summed E-state index contributed by atoms with van der Waals surface area (Å²) in [4.78, 5) is 14.1. The summed E-state index contributed by atoms with van der Waals surface area (Å²) in [5, 5.41) is 26.2. The fourth-order valence-electron chi connectivity index (χ4n) is 6.38. The summed E-state index contributed by atoms with van der Waals surface area (Å²) in [5.74, 6) is 1.15. The van der Waals surface area contributed by atoms with Gasteiger partial charge in [-0.25, -0.2) is 9.37 Å². The van der Waals surface area contributed by atoms with Gasteiger partial charge in [-0.05, 0) is 53.8 Å². The summed E-state index contributed by atoms with van der Waals surface area (Å²) in [7, 11) is 0. The first-order chi connectivity index (χ1) is 18.1. The molecular formula is C29H30FN5O2. The number of benzene rings is 3. The number of hydrogen-bond donors (Lipinski definition) is 3. The average molecular weight is 500 g/mol. The number of rotatable bonds is 4. The second-order valence-corrected chi connectivity index (χ2v) is 10.7. The predicted molar refractivity (Wildman–Crippen MR) is 144 cm³/mol. The van der Waals surface area contributed by atoms with E-state index in [2.05, 4.69) is 15.1 Å². The maximum Gasteiger partial charge on any atom is 0.228 e. The molecule has 3 unspecified atom stereocenters. The fourth-order valence-corrected chi connectivity index (χ4v) is 6.38. The number of halogens is 1. The summed E-state index contributed by atoms with van der Waals surface area (Å²) in [6.07, 6.45) is 3.15. The van der Waals surface area contributed by atoms with E-state index < -0.39 is 5.82 Å². The van der Waals surface area contributed by atoms with E-state index in [0.717, 1.165) is 55.5 Å². The lowest BCUT2D eigenvalue weighted by molar-refractivity contribution is 0.238. The van der Waals surface area contributed by atoms with E-state index in [-0.39, 0.29) is 18.3 Å². The molecule has 8 heteroatoms. The van der Waals surface area contributed by atoms with Crippen LogP contribution >= 0.6 is 0 Å². The summed E-state index contributed by atoms with van der Waals surface area (Å²) in [5.41, 5.74) is 1.34. The molecule has 3 aromatic carbocycles. The minimum absolute atomic E-state index is 0.0978. The third-order valence-corrected chi connectivity index (χ3v) is 8.25. The zero-order valence-corrected chi connectivity index (χ0v) is 20.6. The van der Waals surface area contributed by atoms with Crippen molar-refractivity contribution in [3.05, 3.63) is 54.3 Å². The normalized spacial score (nSPS) is 23.5. The number of anilines is 2. The number of aromatic hydroxyl groups is 1. The number of nitrogens with zero attached hydrogens (tertiary/aromatic N) is 4. The summed E-state index contributed by atoms with van der Waals surface area (Å²) >= 11 is 0. The third kappa shape index (κ3) is 3.86. The zero-order chi connectivity index (χ0) is 25.1. The molecular weight excluding hydrogens is 469 g/mol. The van der Waals surface area contributed by atoms with Crippen LogP contribution in [0.1, 0.15) is 19.3 Å². The van der Waals surface area contributed by atoms with Crippen molar-refractivity contribution in [3.8, 4) is 16.9 Å². The molecule has 190 valence electrons. The van der Waals surface area contributed by atoms with E-state index in [1.54, 1.807) is 18.2 Å². The molecule has 2 bridgehead atoms. The number of hydrogen-bond acceptors (Lipinski definition) is 7. The van der Waals surface area contributed by atoms with Gasteiger partial charge in [0.25, 0.3) is 0 Å². The highest BCUT2D eigenvalue weighted by atomic mass is 19.1. The van der Waals surface area contributed by atoms with Gasteiger partial charge in [0.1, 0.15) is 17.1 Å². The van der Waals surface area contributed by atoms with E-state index in [1.165, 1.54) is 0 Å². The van der Waals surface area contributed by atoms with Gasteiger partial charge in [0.15, 0.2) is 5.82 Å². The van der Waals surface area contributed by atoms with Gasteiger partial charge in [-0.1, -0.05) is 30.3 Å². The first-order valence-electron chi connectivity index (χ1n) is 13.2. The van der Waals surface area contributed by atoms with E-state index in [1.807, 2.05) is 30.3 Å². The van der Waals surface area contributed by atoms with Gasteiger partial charge in [-0.15, -0.1) is 0 Å². The zero-order valence-electron chi connectivity index (χ0n) is 20.6. The monoisotopic (exact) mass is 499 g/mol. The molecule has 4 aromatic rings. The lowest BCUT2D eigenvalue weighted by Gasteiger charge is -2.34. The van der Waals surface area contributed by atoms with Crippen LogP contribution in [0.15, 0.2) is 48.5 Å². The molecule has 3 atom stereocenters. The standard InChI is InChI=1S/C29H30FN5O2/c30-26-23(25-12-21(37)11-18-3-1-2-4-22(18)25)7-8-24-27(26)32-29(34-10-9-17(13-34)16-36)33-28(24)35-14-19-5-6-20(15-35)31-19/h1-4,7-8,11-12,17,19-20,31,36-37H,5-6,9-10,13-16H2. The second-order valence-electron chi connectivity index (χ2n) is 10.7. The molecule has 0 spiro atoms. The number of piperazine rings is 1. The Morgan fingerprint density at radius 2 is 1.70 bits per heavy atom. The Morgan fingerprint density at radius 1 is 0.892 bits per heavy atom. The first kappa shape index (κ1) is 22.7. The number of phenolic OH excluding ortho intramolecular Hbond substituents is 1. The Bertz CT molecular complexity index is 1500. The Kier molecular flexibility index (Phi) is 5.41. The quantitative estimate of drug-likeness (QED) is 0.391. The highest BCUT2D eigenvalue weighted by molar-refractivity contribution is 6.01. The van der Waals surface area contributed by atoms with Crippen LogP contribution < -0.4 is 15.1 Å². The topological polar surface area (TPSA) is 84.8 Å². The van der Waals surface area contributed by atoms with Crippen LogP contribution in [0.3, 0.4) is 0 Å². The van der Waals surface area contributed by atoms with Gasteiger partial charge in [0, 0.05) is 61.7 Å². The molecule has 4 heterocycles. The molecule has 3 N–H and O–H groups in total. The number of nitrogens with one attached hydrogen (secondary N) is 1. The molecule has 0 amide bonds. The maximum absolute atomic E-state index is 16.5. The molecule has 37 heavy (non-hydrogen) atoms. The van der Waals surface area contributed by atoms with Crippen LogP contribution in [0.2, 0.25) is 0 Å². The van der Waals surface area contributed by atoms with Crippen molar-refractivity contribution < 1.29 is 14.6 Å². The van der Waals surface area contributed by atoms with E-state index in [4.69, 9.17) is 9.97 Å². The number of aliphatic hydroxyl groups excluding tert-OH is 1. The van der Waals surface area contributed by atoms with Crippen molar-refractivity contribution in [3.63, 3.8) is 0 Å². The second kappa shape index (κ2) is 8.82. The molecule has 7 nitrogen and oxygen atoms in total. The summed E-state index contributed by atoms with van der Waals surface area (Å²) < 4.78 is 16.5. The van der Waals surface area contributed by atoms with Crippen molar-refractivity contribution in [2.24, 2.45) is 5.92 Å². The number of phenols is 1. The smallest absolute Gasteiger partial charge is 0.228 e. The number of aromatic nitrogens is 2. The molecule has 7 rings (SSSR count). The van der Waals surface area contributed by atoms with Crippen molar-refractivity contribution in [2.45, 2.75) is 31.3 Å². The van der Waals surface area contributed by atoms with Crippen LogP contribution in [0.25, 0.3) is 32.8 Å². The van der Waals surface area contributed by atoms with Gasteiger partial charge in [0.05, 0.1) is 0 Å². The Balaban J connectivity index is 1.42. The Morgan fingerprint density at radius 3 is 2.49 bits per heavy atom. The van der Waals surface area contributed by atoms with Crippen LogP contribution in [0.4, 0.5) is 16.2 Å². The van der Waals surface area contributed by atoms with Gasteiger partial charge in [-0.2, -0.15) is 4.98 Å². The van der Waals surface area contributed by atoms with Gasteiger partial charge < -0.3 is 25.3 Å². The minimum atomic E-state index is -0.408. The molecule has 1 aromatic heterocycles. The maximum atomic E-state index is 16.5. The Labute approximate surface area is 214 Å². The number of fused-ring (bicyclic) bond motifs is 4. The molecule has 3 aliphatic heterocycles. The van der Waals surface area contributed by atoms with E-state index in [9.17, 15) is 10.2 Å². The first-order valence-corrected chi connectivity index (χ1v) is 13.2. The van der Waals surface area contributed by atoms with E-state index in [0.29, 0.717) is 46.6 Å². The lowest BCUT2D eigenvalue weighted by Crippen LogP contribution is -2.51. The Hall–Kier alpha value is -3.49. The number of aliphatic hydroxyl groups is 1. The predicted octanol–water partition coefficient (Wildman–Crippen LogP) is 4.05. The highest BCUT2D eigenvalue weighted by Crippen LogP contribution is 2.39.